The molecule has 1 aromatic rings. The largest absolute Gasteiger partial charge is 0.471 e. The highest BCUT2D eigenvalue weighted by molar-refractivity contribution is 5.94. The Hall–Kier alpha value is -1.61. The zero-order chi connectivity index (χ0) is 16.2. The van der Waals surface area contributed by atoms with Gasteiger partial charge in [0, 0.05) is 6.07 Å². The van der Waals surface area contributed by atoms with Gasteiger partial charge in [0.1, 0.15) is 0 Å². The van der Waals surface area contributed by atoms with Crippen LogP contribution in [0.3, 0.4) is 0 Å². The smallest absolute Gasteiger partial charge is 0.340 e. The number of halogens is 5. The number of alkyl halides is 4. The van der Waals surface area contributed by atoms with Crippen LogP contribution in [-0.2, 0) is 4.79 Å². The van der Waals surface area contributed by atoms with Gasteiger partial charge in [-0.2, -0.15) is 8.78 Å². The fraction of sp³-hybridized carbons (Fsp3) is 0.538. The first-order valence-corrected chi connectivity index (χ1v) is 6.67. The van der Waals surface area contributed by atoms with E-state index in [-0.39, 0.29) is 30.2 Å². The van der Waals surface area contributed by atoms with Gasteiger partial charge < -0.3 is 15.4 Å². The standard InChI is InChI=1S/C13H15F4N3O2.ClH/c14-12(15)13(16,17)7-22-10-4-3-8(6-19-10)20-11(21)9-2-1-5-18-9;/h3-4,6,9,12,18H,1-2,5,7H2,(H,20,21);1H. The number of carbonyl (C=O) groups is 1. The van der Waals surface area contributed by atoms with Crippen molar-refractivity contribution in [3.8, 4) is 5.88 Å². The summed E-state index contributed by atoms with van der Waals surface area (Å²) in [6.07, 6.45) is -0.933. The van der Waals surface area contributed by atoms with Gasteiger partial charge in [0.2, 0.25) is 11.8 Å². The minimum atomic E-state index is -4.23. The van der Waals surface area contributed by atoms with Crippen LogP contribution < -0.4 is 15.4 Å². The molecule has 0 aliphatic carbocycles. The molecule has 0 saturated carbocycles. The van der Waals surface area contributed by atoms with Crippen molar-refractivity contribution in [3.63, 3.8) is 0 Å². The predicted molar refractivity (Wildman–Crippen MR) is 77.6 cm³/mol. The topological polar surface area (TPSA) is 63.2 Å². The zero-order valence-corrected chi connectivity index (χ0v) is 12.7. The highest BCUT2D eigenvalue weighted by atomic mass is 35.5. The molecule has 5 nitrogen and oxygen atoms in total. The van der Waals surface area contributed by atoms with Gasteiger partial charge >= 0.3 is 12.3 Å². The fourth-order valence-corrected chi connectivity index (χ4v) is 1.91. The molecule has 0 spiro atoms. The third kappa shape index (κ3) is 5.51. The number of nitrogens with one attached hydrogen (secondary N) is 2. The van der Waals surface area contributed by atoms with Crippen molar-refractivity contribution in [2.24, 2.45) is 0 Å². The lowest BCUT2D eigenvalue weighted by Crippen LogP contribution is -2.35. The van der Waals surface area contributed by atoms with Gasteiger partial charge in [-0.3, -0.25) is 4.79 Å². The summed E-state index contributed by atoms with van der Waals surface area (Å²) in [6.45, 7) is -0.684. The van der Waals surface area contributed by atoms with Crippen LogP contribution in [0, 0.1) is 0 Å². The third-order valence-electron chi connectivity index (χ3n) is 3.11. The van der Waals surface area contributed by atoms with E-state index in [9.17, 15) is 22.4 Å². The molecular formula is C13H16ClF4N3O2. The third-order valence-corrected chi connectivity index (χ3v) is 3.11. The van der Waals surface area contributed by atoms with Gasteiger partial charge in [0.25, 0.3) is 0 Å². The lowest BCUT2D eigenvalue weighted by Gasteiger charge is -2.15. The Kier molecular flexibility index (Phi) is 7.01. The molecule has 2 N–H and O–H groups in total. The van der Waals surface area contributed by atoms with Crippen LogP contribution in [0.1, 0.15) is 12.8 Å². The maximum absolute atomic E-state index is 12.7. The summed E-state index contributed by atoms with van der Waals surface area (Å²) >= 11 is 0. The predicted octanol–water partition coefficient (Wildman–Crippen LogP) is 2.47. The van der Waals surface area contributed by atoms with Crippen LogP contribution in [0.2, 0.25) is 0 Å². The van der Waals surface area contributed by atoms with Gasteiger partial charge in [-0.25, -0.2) is 13.8 Å². The van der Waals surface area contributed by atoms with Crippen molar-refractivity contribution in [2.75, 3.05) is 18.5 Å². The minimum absolute atomic E-state index is 0. The first kappa shape index (κ1) is 19.4. The Labute approximate surface area is 136 Å². The van der Waals surface area contributed by atoms with Gasteiger partial charge in [0.15, 0.2) is 6.61 Å². The van der Waals surface area contributed by atoms with E-state index >= 15 is 0 Å². The first-order valence-electron chi connectivity index (χ1n) is 6.67. The molecule has 1 amide bonds. The zero-order valence-electron chi connectivity index (χ0n) is 11.9. The summed E-state index contributed by atoms with van der Waals surface area (Å²) in [5.74, 6) is -4.67. The van der Waals surface area contributed by atoms with E-state index in [4.69, 9.17) is 0 Å². The number of anilines is 1. The second kappa shape index (κ2) is 8.30. The van der Waals surface area contributed by atoms with Gasteiger partial charge in [0.05, 0.1) is 17.9 Å². The Morgan fingerprint density at radius 3 is 2.74 bits per heavy atom. The number of hydrogen-bond donors (Lipinski definition) is 2. The van der Waals surface area contributed by atoms with Crippen LogP contribution in [-0.4, -0.2) is 42.4 Å². The maximum Gasteiger partial charge on any atom is 0.340 e. The van der Waals surface area contributed by atoms with Crippen molar-refractivity contribution in [1.82, 2.24) is 10.3 Å². The molecule has 1 atom stereocenters. The molecule has 1 aromatic heterocycles. The number of nitrogens with zero attached hydrogens (tertiary/aromatic N) is 1. The molecule has 2 heterocycles. The molecule has 1 saturated heterocycles. The van der Waals surface area contributed by atoms with E-state index in [2.05, 4.69) is 20.4 Å². The van der Waals surface area contributed by atoms with Gasteiger partial charge in [-0.15, -0.1) is 12.4 Å². The van der Waals surface area contributed by atoms with E-state index in [1.54, 1.807) is 0 Å². The summed E-state index contributed by atoms with van der Waals surface area (Å²) < 4.78 is 53.8. The Balaban J connectivity index is 0.00000264. The first-order chi connectivity index (χ1) is 10.4. The Morgan fingerprint density at radius 2 is 2.22 bits per heavy atom. The lowest BCUT2D eigenvalue weighted by atomic mass is 10.2. The van der Waals surface area contributed by atoms with E-state index in [1.165, 1.54) is 18.3 Å². The summed E-state index contributed by atoms with van der Waals surface area (Å²) in [5, 5.41) is 5.64. The molecule has 0 aromatic carbocycles. The second-order valence-corrected chi connectivity index (χ2v) is 4.87. The molecule has 10 heteroatoms. The summed E-state index contributed by atoms with van der Waals surface area (Å²) in [7, 11) is 0. The molecule has 23 heavy (non-hydrogen) atoms. The van der Waals surface area contributed by atoms with Gasteiger partial charge in [-0.05, 0) is 25.5 Å². The number of rotatable bonds is 6. The van der Waals surface area contributed by atoms with Crippen molar-refractivity contribution < 1.29 is 27.1 Å². The second-order valence-electron chi connectivity index (χ2n) is 4.87. The molecule has 130 valence electrons. The quantitative estimate of drug-likeness (QED) is 0.768. The number of pyridine rings is 1. The Bertz CT molecular complexity index is 510. The summed E-state index contributed by atoms with van der Waals surface area (Å²) in [6, 6.07) is 2.36. The highest BCUT2D eigenvalue weighted by Crippen LogP contribution is 2.24. The van der Waals surface area contributed by atoms with Crippen LogP contribution in [0.5, 0.6) is 5.88 Å². The van der Waals surface area contributed by atoms with Crippen LogP contribution >= 0.6 is 12.4 Å². The maximum atomic E-state index is 12.7. The number of ether oxygens (including phenoxy) is 1. The van der Waals surface area contributed by atoms with Crippen molar-refractivity contribution in [1.29, 1.82) is 0 Å². The van der Waals surface area contributed by atoms with E-state index in [0.29, 0.717) is 5.69 Å². The molecule has 1 fully saturated rings. The Morgan fingerprint density at radius 1 is 1.48 bits per heavy atom. The van der Waals surface area contributed by atoms with E-state index < -0.39 is 19.0 Å². The number of amides is 1. The summed E-state index contributed by atoms with van der Waals surface area (Å²) in [5.41, 5.74) is 0.367. The molecule has 0 bridgehead atoms. The van der Waals surface area contributed by atoms with Crippen molar-refractivity contribution >= 4 is 24.0 Å². The molecule has 1 unspecified atom stereocenters. The molecule has 2 rings (SSSR count). The lowest BCUT2D eigenvalue weighted by molar-refractivity contribution is -0.148. The fourth-order valence-electron chi connectivity index (χ4n) is 1.91. The molecule has 0 radical (unpaired) electrons. The van der Waals surface area contributed by atoms with Crippen LogP contribution in [0.15, 0.2) is 18.3 Å². The number of aromatic nitrogens is 1. The average Bonchev–Trinajstić information content (AvgIpc) is 3.01. The number of carbonyl (C=O) groups excluding carboxylic acids is 1. The van der Waals surface area contributed by atoms with Crippen molar-refractivity contribution in [3.05, 3.63) is 18.3 Å². The summed E-state index contributed by atoms with van der Waals surface area (Å²) in [4.78, 5) is 15.5. The molecule has 1 aliphatic rings. The average molecular weight is 358 g/mol. The minimum Gasteiger partial charge on any atom is -0.471 e. The molecule has 1 aliphatic heterocycles. The van der Waals surface area contributed by atoms with Gasteiger partial charge in [-0.1, -0.05) is 0 Å². The van der Waals surface area contributed by atoms with Crippen molar-refractivity contribution in [2.45, 2.75) is 31.2 Å². The highest BCUT2D eigenvalue weighted by Gasteiger charge is 2.41. The SMILES string of the molecule is Cl.O=C(Nc1ccc(OCC(F)(F)C(F)F)nc1)C1CCCN1. The van der Waals surface area contributed by atoms with E-state index in [1.807, 2.05) is 0 Å². The van der Waals surface area contributed by atoms with E-state index in [0.717, 1.165) is 19.4 Å². The monoisotopic (exact) mass is 357 g/mol. The number of hydrogen-bond acceptors (Lipinski definition) is 4. The van der Waals surface area contributed by atoms with Crippen LogP contribution in [0.25, 0.3) is 0 Å². The molecular weight excluding hydrogens is 342 g/mol. The normalized spacial score (nSPS) is 17.7. The van der Waals surface area contributed by atoms with Crippen LogP contribution in [0.4, 0.5) is 23.2 Å².